The molecule has 1 aromatic carbocycles. The molecule has 6 nitrogen and oxygen atoms in total. The minimum absolute atomic E-state index is 0. The summed E-state index contributed by atoms with van der Waals surface area (Å²) < 4.78 is 18.6. The summed E-state index contributed by atoms with van der Waals surface area (Å²) >= 11 is 0. The fraction of sp³-hybridized carbons (Fsp3) is 0.556. The van der Waals surface area contributed by atoms with E-state index < -0.39 is 5.82 Å². The van der Waals surface area contributed by atoms with Crippen LogP contribution >= 0.6 is 24.0 Å². The molecule has 0 aromatic heterocycles. The van der Waals surface area contributed by atoms with E-state index in [4.69, 9.17) is 4.74 Å². The molecule has 1 amide bonds. The van der Waals surface area contributed by atoms with Gasteiger partial charge in [-0.05, 0) is 37.5 Å². The minimum atomic E-state index is -0.393. The standard InChI is InChI=1S/C18H29FN4O2.HI/c1-4-20-18(21-9-6-10-25-13-14(2)3)22-12-17(24)23-16-8-5-7-15(19)11-16;/h5,7-8,11,14H,4,6,9-10,12-13H2,1-3H3,(H,23,24)(H2,20,21,22);1H. The molecular formula is C18H30FIN4O2. The number of hydrogen-bond acceptors (Lipinski definition) is 3. The van der Waals surface area contributed by atoms with Crippen molar-refractivity contribution in [2.24, 2.45) is 10.9 Å². The average molecular weight is 480 g/mol. The number of guanidine groups is 1. The number of benzene rings is 1. The Kier molecular flexibility index (Phi) is 13.9. The zero-order chi connectivity index (χ0) is 18.5. The van der Waals surface area contributed by atoms with Gasteiger partial charge < -0.3 is 20.7 Å². The summed E-state index contributed by atoms with van der Waals surface area (Å²) in [4.78, 5) is 16.1. The van der Waals surface area contributed by atoms with E-state index in [1.807, 2.05) is 6.92 Å². The van der Waals surface area contributed by atoms with Crippen molar-refractivity contribution in [1.82, 2.24) is 10.6 Å². The maximum absolute atomic E-state index is 13.1. The number of aliphatic imine (C=N–C) groups is 1. The van der Waals surface area contributed by atoms with Crippen LogP contribution in [0.15, 0.2) is 29.3 Å². The zero-order valence-corrected chi connectivity index (χ0v) is 18.0. The van der Waals surface area contributed by atoms with Gasteiger partial charge in [-0.3, -0.25) is 4.79 Å². The highest BCUT2D eigenvalue weighted by atomic mass is 127. The van der Waals surface area contributed by atoms with Gasteiger partial charge in [-0.15, -0.1) is 24.0 Å². The van der Waals surface area contributed by atoms with E-state index in [1.54, 1.807) is 12.1 Å². The summed E-state index contributed by atoms with van der Waals surface area (Å²) in [7, 11) is 0. The number of nitrogens with one attached hydrogen (secondary N) is 3. The van der Waals surface area contributed by atoms with Crippen LogP contribution < -0.4 is 16.0 Å². The van der Waals surface area contributed by atoms with Crippen LogP contribution in [0.2, 0.25) is 0 Å². The Morgan fingerprint density at radius 3 is 2.73 bits per heavy atom. The summed E-state index contributed by atoms with van der Waals surface area (Å²) in [5, 5.41) is 8.85. The van der Waals surface area contributed by atoms with E-state index >= 15 is 0 Å². The third kappa shape index (κ3) is 12.0. The molecule has 0 atom stereocenters. The number of halogens is 2. The monoisotopic (exact) mass is 480 g/mol. The second-order valence-electron chi connectivity index (χ2n) is 6.00. The second kappa shape index (κ2) is 14.7. The Bertz CT molecular complexity index is 556. The molecule has 8 heteroatoms. The molecule has 26 heavy (non-hydrogen) atoms. The Balaban J connectivity index is 0.00000625. The summed E-state index contributed by atoms with van der Waals surface area (Å²) in [6.07, 6.45) is 0.854. The summed E-state index contributed by atoms with van der Waals surface area (Å²) in [5.74, 6) is 0.406. The van der Waals surface area contributed by atoms with E-state index in [1.165, 1.54) is 12.1 Å². The lowest BCUT2D eigenvalue weighted by Gasteiger charge is -2.12. The molecule has 1 aromatic rings. The van der Waals surface area contributed by atoms with Crippen molar-refractivity contribution in [3.63, 3.8) is 0 Å². The van der Waals surface area contributed by atoms with Crippen molar-refractivity contribution < 1.29 is 13.9 Å². The third-order valence-corrected chi connectivity index (χ3v) is 3.04. The van der Waals surface area contributed by atoms with E-state index in [2.05, 4.69) is 34.8 Å². The first-order valence-electron chi connectivity index (χ1n) is 8.66. The van der Waals surface area contributed by atoms with Crippen molar-refractivity contribution in [2.75, 3.05) is 38.2 Å². The van der Waals surface area contributed by atoms with Crippen molar-refractivity contribution in [3.8, 4) is 0 Å². The van der Waals surface area contributed by atoms with Crippen LogP contribution in [-0.4, -0.2) is 44.7 Å². The average Bonchev–Trinajstić information content (AvgIpc) is 2.55. The highest BCUT2D eigenvalue weighted by Crippen LogP contribution is 2.08. The molecule has 0 aliphatic carbocycles. The number of anilines is 1. The summed E-state index contributed by atoms with van der Waals surface area (Å²) in [5.41, 5.74) is 0.417. The first kappa shape index (κ1) is 24.6. The molecule has 0 aliphatic rings. The van der Waals surface area contributed by atoms with Gasteiger partial charge in [0.15, 0.2) is 5.96 Å². The maximum atomic E-state index is 13.1. The minimum Gasteiger partial charge on any atom is -0.381 e. The fourth-order valence-corrected chi connectivity index (χ4v) is 1.96. The number of hydrogen-bond donors (Lipinski definition) is 3. The zero-order valence-electron chi connectivity index (χ0n) is 15.7. The number of rotatable bonds is 10. The van der Waals surface area contributed by atoms with E-state index in [-0.39, 0.29) is 36.4 Å². The Labute approximate surface area is 172 Å². The topological polar surface area (TPSA) is 74.8 Å². The number of ether oxygens (including phenoxy) is 1. The molecule has 0 fully saturated rings. The van der Waals surface area contributed by atoms with Gasteiger partial charge in [0.25, 0.3) is 0 Å². The highest BCUT2D eigenvalue weighted by molar-refractivity contribution is 14.0. The first-order valence-corrected chi connectivity index (χ1v) is 8.66. The molecule has 0 unspecified atom stereocenters. The molecule has 148 valence electrons. The van der Waals surface area contributed by atoms with Gasteiger partial charge in [0.1, 0.15) is 12.4 Å². The lowest BCUT2D eigenvalue weighted by atomic mass is 10.2. The molecule has 1 rings (SSSR count). The van der Waals surface area contributed by atoms with Crippen molar-refractivity contribution in [3.05, 3.63) is 30.1 Å². The molecule has 0 saturated heterocycles. The molecule has 0 aliphatic heterocycles. The van der Waals surface area contributed by atoms with Crippen molar-refractivity contribution >= 4 is 41.5 Å². The van der Waals surface area contributed by atoms with Crippen LogP contribution in [0.5, 0.6) is 0 Å². The highest BCUT2D eigenvalue weighted by Gasteiger charge is 2.04. The van der Waals surface area contributed by atoms with Crippen molar-refractivity contribution in [2.45, 2.75) is 27.2 Å². The fourth-order valence-electron chi connectivity index (χ4n) is 1.96. The van der Waals surface area contributed by atoms with E-state index in [0.29, 0.717) is 37.3 Å². The molecule has 0 heterocycles. The van der Waals surface area contributed by atoms with Crippen LogP contribution in [0.3, 0.4) is 0 Å². The van der Waals surface area contributed by atoms with Gasteiger partial charge in [0.2, 0.25) is 5.91 Å². The maximum Gasteiger partial charge on any atom is 0.246 e. The molecule has 0 spiro atoms. The molecule has 0 saturated carbocycles. The van der Waals surface area contributed by atoms with Gasteiger partial charge in [-0.25, -0.2) is 9.38 Å². The smallest absolute Gasteiger partial charge is 0.246 e. The number of carbonyl (C=O) groups excluding carboxylic acids is 1. The first-order chi connectivity index (χ1) is 12.0. The van der Waals surface area contributed by atoms with E-state index in [0.717, 1.165) is 13.0 Å². The lowest BCUT2D eigenvalue weighted by molar-refractivity contribution is -0.114. The number of carbonyl (C=O) groups is 1. The molecule has 0 radical (unpaired) electrons. The Morgan fingerprint density at radius 2 is 2.08 bits per heavy atom. The van der Waals surface area contributed by atoms with E-state index in [9.17, 15) is 9.18 Å². The van der Waals surface area contributed by atoms with Gasteiger partial charge in [0, 0.05) is 32.0 Å². The number of nitrogens with zero attached hydrogens (tertiary/aromatic N) is 1. The quantitative estimate of drug-likeness (QED) is 0.208. The van der Waals surface area contributed by atoms with Crippen LogP contribution in [0.1, 0.15) is 27.2 Å². The second-order valence-corrected chi connectivity index (χ2v) is 6.00. The van der Waals surface area contributed by atoms with Gasteiger partial charge in [-0.1, -0.05) is 19.9 Å². The van der Waals surface area contributed by atoms with Gasteiger partial charge >= 0.3 is 0 Å². The summed E-state index contributed by atoms with van der Waals surface area (Å²) in [6, 6.07) is 5.76. The molecule has 0 bridgehead atoms. The third-order valence-electron chi connectivity index (χ3n) is 3.04. The van der Waals surface area contributed by atoms with Crippen molar-refractivity contribution in [1.29, 1.82) is 0 Å². The van der Waals surface area contributed by atoms with Gasteiger partial charge in [-0.2, -0.15) is 0 Å². The largest absolute Gasteiger partial charge is 0.381 e. The van der Waals surface area contributed by atoms with Crippen LogP contribution in [0.25, 0.3) is 0 Å². The predicted octanol–water partition coefficient (Wildman–Crippen LogP) is 3.00. The van der Waals surface area contributed by atoms with Crippen LogP contribution in [0.4, 0.5) is 10.1 Å². The predicted molar refractivity (Wildman–Crippen MR) is 115 cm³/mol. The van der Waals surface area contributed by atoms with Crippen LogP contribution in [-0.2, 0) is 9.53 Å². The Hall–Kier alpha value is -1.42. The lowest BCUT2D eigenvalue weighted by Crippen LogP contribution is -2.38. The Morgan fingerprint density at radius 1 is 1.31 bits per heavy atom. The SMILES string of the molecule is CCNC(=NCC(=O)Nc1cccc(F)c1)NCCCOCC(C)C.I. The number of amides is 1. The van der Waals surface area contributed by atoms with Gasteiger partial charge in [0.05, 0.1) is 0 Å². The molecular weight excluding hydrogens is 450 g/mol. The molecule has 3 N–H and O–H groups in total. The summed E-state index contributed by atoms with van der Waals surface area (Å²) in [6.45, 7) is 8.98. The van der Waals surface area contributed by atoms with Crippen LogP contribution in [0, 0.1) is 11.7 Å². The normalized spacial score (nSPS) is 11.0.